The van der Waals surface area contributed by atoms with Crippen molar-refractivity contribution < 1.29 is 14.6 Å². The summed E-state index contributed by atoms with van der Waals surface area (Å²) in [6.45, 7) is 0.531. The van der Waals surface area contributed by atoms with Gasteiger partial charge in [0, 0.05) is 0 Å². The highest BCUT2D eigenvalue weighted by Crippen LogP contribution is 2.32. The van der Waals surface area contributed by atoms with Crippen molar-refractivity contribution in [2.75, 3.05) is 6.61 Å². The number of hydrogen-bond acceptors (Lipinski definition) is 3. The number of aromatic carboxylic acids is 1. The van der Waals surface area contributed by atoms with Gasteiger partial charge in [-0.05, 0) is 24.5 Å². The van der Waals surface area contributed by atoms with Crippen LogP contribution in [-0.4, -0.2) is 27.5 Å². The van der Waals surface area contributed by atoms with E-state index < -0.39 is 5.97 Å². The van der Waals surface area contributed by atoms with Gasteiger partial charge in [0.25, 0.3) is 0 Å². The number of carboxylic acids is 1. The molecule has 0 atom stereocenters. The van der Waals surface area contributed by atoms with E-state index in [-0.39, 0.29) is 5.56 Å². The maximum absolute atomic E-state index is 11.2. The smallest absolute Gasteiger partial charge is 0.342 e. The first-order chi connectivity index (χ1) is 9.75. The Balaban J connectivity index is 1.86. The van der Waals surface area contributed by atoms with Crippen molar-refractivity contribution >= 4 is 5.97 Å². The number of aromatic nitrogens is 2. The Morgan fingerprint density at radius 2 is 2.10 bits per heavy atom. The van der Waals surface area contributed by atoms with Gasteiger partial charge < -0.3 is 9.84 Å². The van der Waals surface area contributed by atoms with Crippen LogP contribution in [0.25, 0.3) is 5.69 Å². The molecule has 5 heteroatoms. The van der Waals surface area contributed by atoms with Crippen molar-refractivity contribution in [3.63, 3.8) is 0 Å². The number of nitrogens with zero attached hydrogens (tertiary/aromatic N) is 2. The van der Waals surface area contributed by atoms with Crippen LogP contribution in [0.2, 0.25) is 0 Å². The van der Waals surface area contributed by atoms with Crippen molar-refractivity contribution in [3.8, 4) is 11.6 Å². The molecule has 1 aliphatic rings. The van der Waals surface area contributed by atoms with Crippen molar-refractivity contribution in [2.24, 2.45) is 5.92 Å². The van der Waals surface area contributed by atoms with Gasteiger partial charge in [-0.25, -0.2) is 9.48 Å². The Hall–Kier alpha value is -2.30. The van der Waals surface area contributed by atoms with Gasteiger partial charge in [-0.15, -0.1) is 0 Å². The Morgan fingerprint density at radius 3 is 2.75 bits per heavy atom. The molecule has 1 aromatic carbocycles. The number of para-hydroxylation sites is 1. The third-order valence-corrected chi connectivity index (χ3v) is 3.42. The molecule has 0 aliphatic heterocycles. The fraction of sp³-hybridized carbons (Fsp3) is 0.333. The maximum Gasteiger partial charge on any atom is 0.342 e. The van der Waals surface area contributed by atoms with Crippen LogP contribution < -0.4 is 4.74 Å². The van der Waals surface area contributed by atoms with Crippen LogP contribution in [0.4, 0.5) is 0 Å². The van der Waals surface area contributed by atoms with Crippen LogP contribution in [0.5, 0.6) is 5.88 Å². The topological polar surface area (TPSA) is 64.3 Å². The highest BCUT2D eigenvalue weighted by Gasteiger charge is 2.23. The summed E-state index contributed by atoms with van der Waals surface area (Å²) in [5.74, 6) is 0.0364. The van der Waals surface area contributed by atoms with Gasteiger partial charge in [-0.3, -0.25) is 0 Å². The van der Waals surface area contributed by atoms with Crippen molar-refractivity contribution in [1.29, 1.82) is 0 Å². The molecule has 0 amide bonds. The molecule has 2 aromatic rings. The minimum absolute atomic E-state index is 0.102. The summed E-state index contributed by atoms with van der Waals surface area (Å²) in [4.78, 5) is 11.2. The molecule has 5 nitrogen and oxygen atoms in total. The standard InChI is InChI=1S/C15H16N2O3/c18-15(19)13-10-16-17(12-4-2-1-3-5-12)14(13)20-9-8-11-6-7-11/h1-5,10-11H,6-9H2,(H,18,19). The lowest BCUT2D eigenvalue weighted by molar-refractivity contribution is 0.0691. The van der Waals surface area contributed by atoms with Crippen LogP contribution in [-0.2, 0) is 0 Å². The van der Waals surface area contributed by atoms with Crippen LogP contribution in [0, 0.1) is 5.92 Å². The molecular formula is C15H16N2O3. The van der Waals surface area contributed by atoms with E-state index >= 15 is 0 Å². The van der Waals surface area contributed by atoms with Gasteiger partial charge in [0.05, 0.1) is 18.5 Å². The zero-order valence-electron chi connectivity index (χ0n) is 11.0. The molecule has 0 radical (unpaired) electrons. The molecule has 104 valence electrons. The first-order valence-corrected chi connectivity index (χ1v) is 6.75. The van der Waals surface area contributed by atoms with Gasteiger partial charge in [-0.1, -0.05) is 31.0 Å². The van der Waals surface area contributed by atoms with Gasteiger partial charge in [0.1, 0.15) is 5.56 Å². The van der Waals surface area contributed by atoms with E-state index in [1.54, 1.807) is 0 Å². The monoisotopic (exact) mass is 272 g/mol. The number of carboxylic acid groups (broad SMARTS) is 1. The highest BCUT2D eigenvalue weighted by atomic mass is 16.5. The Kier molecular flexibility index (Phi) is 3.41. The molecule has 0 unspecified atom stereocenters. The first-order valence-electron chi connectivity index (χ1n) is 6.75. The van der Waals surface area contributed by atoms with Crippen LogP contribution >= 0.6 is 0 Å². The Morgan fingerprint density at radius 1 is 1.35 bits per heavy atom. The van der Waals surface area contributed by atoms with Crippen LogP contribution in [0.3, 0.4) is 0 Å². The van der Waals surface area contributed by atoms with E-state index in [0.29, 0.717) is 12.5 Å². The molecule has 20 heavy (non-hydrogen) atoms. The quantitative estimate of drug-likeness (QED) is 0.878. The summed E-state index contributed by atoms with van der Waals surface area (Å²) < 4.78 is 7.23. The minimum Gasteiger partial charge on any atom is -0.477 e. The third-order valence-electron chi connectivity index (χ3n) is 3.42. The molecule has 1 saturated carbocycles. The number of ether oxygens (including phenoxy) is 1. The van der Waals surface area contributed by atoms with E-state index in [2.05, 4.69) is 5.10 Å². The first kappa shape index (κ1) is 12.7. The molecule has 1 heterocycles. The largest absolute Gasteiger partial charge is 0.477 e. The van der Waals surface area contributed by atoms with E-state index in [1.165, 1.54) is 23.7 Å². The van der Waals surface area contributed by atoms with E-state index in [0.717, 1.165) is 18.0 Å². The van der Waals surface area contributed by atoms with Crippen LogP contribution in [0.15, 0.2) is 36.5 Å². The number of carbonyl (C=O) groups is 1. The fourth-order valence-corrected chi connectivity index (χ4v) is 2.10. The Labute approximate surface area is 116 Å². The molecular weight excluding hydrogens is 256 g/mol. The summed E-state index contributed by atoms with van der Waals surface area (Å²) in [5.41, 5.74) is 0.895. The fourth-order valence-electron chi connectivity index (χ4n) is 2.10. The van der Waals surface area contributed by atoms with Crippen molar-refractivity contribution in [2.45, 2.75) is 19.3 Å². The molecule has 0 saturated heterocycles. The van der Waals surface area contributed by atoms with E-state index in [1.807, 2.05) is 30.3 Å². The lowest BCUT2D eigenvalue weighted by Crippen LogP contribution is -2.08. The average Bonchev–Trinajstić information content (AvgIpc) is 3.17. The van der Waals surface area contributed by atoms with Gasteiger partial charge in [0.2, 0.25) is 5.88 Å². The normalized spacial score (nSPS) is 14.2. The minimum atomic E-state index is -1.02. The molecule has 1 aromatic heterocycles. The predicted molar refractivity (Wildman–Crippen MR) is 73.4 cm³/mol. The summed E-state index contributed by atoms with van der Waals surface area (Å²) in [7, 11) is 0. The molecule has 0 spiro atoms. The number of benzene rings is 1. The Bertz CT molecular complexity index is 603. The van der Waals surface area contributed by atoms with Gasteiger partial charge in [0.15, 0.2) is 0 Å². The average molecular weight is 272 g/mol. The zero-order chi connectivity index (χ0) is 13.9. The summed E-state index contributed by atoms with van der Waals surface area (Å²) in [6, 6.07) is 9.40. The van der Waals surface area contributed by atoms with Crippen LogP contribution in [0.1, 0.15) is 29.6 Å². The summed E-state index contributed by atoms with van der Waals surface area (Å²) in [5, 5.41) is 13.3. The number of rotatable bonds is 6. The molecule has 0 bridgehead atoms. The van der Waals surface area contributed by atoms with Gasteiger partial charge >= 0.3 is 5.97 Å². The third kappa shape index (κ3) is 2.66. The van der Waals surface area contributed by atoms with Crippen molar-refractivity contribution in [1.82, 2.24) is 9.78 Å². The highest BCUT2D eigenvalue weighted by molar-refractivity contribution is 5.90. The lowest BCUT2D eigenvalue weighted by Gasteiger charge is -2.10. The maximum atomic E-state index is 11.2. The second-order valence-corrected chi connectivity index (χ2v) is 5.00. The van der Waals surface area contributed by atoms with Crippen molar-refractivity contribution in [3.05, 3.63) is 42.1 Å². The molecule has 1 fully saturated rings. The van der Waals surface area contributed by atoms with E-state index in [9.17, 15) is 9.90 Å². The SMILES string of the molecule is O=C(O)c1cnn(-c2ccccc2)c1OCCC1CC1. The zero-order valence-corrected chi connectivity index (χ0v) is 11.0. The molecule has 1 N–H and O–H groups in total. The summed E-state index contributed by atoms with van der Waals surface area (Å²) in [6.07, 6.45) is 4.82. The summed E-state index contributed by atoms with van der Waals surface area (Å²) >= 11 is 0. The van der Waals surface area contributed by atoms with E-state index in [4.69, 9.17) is 4.74 Å². The molecule has 1 aliphatic carbocycles. The predicted octanol–water partition coefficient (Wildman–Crippen LogP) is 2.75. The lowest BCUT2D eigenvalue weighted by atomic mass is 10.3. The second kappa shape index (κ2) is 5.36. The number of hydrogen-bond donors (Lipinski definition) is 1. The molecule has 3 rings (SSSR count). The second-order valence-electron chi connectivity index (χ2n) is 5.00. The van der Waals surface area contributed by atoms with Gasteiger partial charge in [-0.2, -0.15) is 5.10 Å².